The van der Waals surface area contributed by atoms with Gasteiger partial charge in [0.25, 0.3) is 0 Å². The highest BCUT2D eigenvalue weighted by molar-refractivity contribution is 5.85. The van der Waals surface area contributed by atoms with Gasteiger partial charge in [-0.15, -0.1) is 0 Å². The van der Waals surface area contributed by atoms with Crippen LogP contribution < -0.4 is 0 Å². The van der Waals surface area contributed by atoms with Crippen molar-refractivity contribution in [1.82, 2.24) is 0 Å². The second kappa shape index (κ2) is 6.01. The molecular formula is C16H14F2O3. The molecule has 0 unspecified atom stereocenters. The monoisotopic (exact) mass is 292 g/mol. The molecule has 0 saturated carbocycles. The standard InChI is InChI=1S/C16H14F2O3/c1-2-21-15(19)16(20,11-7-9-12(17)10-8-11)13-5-3-4-6-14(13)18/h3-10,20H,2H2,1H3/t16-/m0/s1. The predicted octanol–water partition coefficient (Wildman–Crippen LogP) is 2.76. The molecule has 5 heteroatoms. The van der Waals surface area contributed by atoms with Gasteiger partial charge in [0.15, 0.2) is 0 Å². The van der Waals surface area contributed by atoms with Crippen LogP contribution in [0, 0.1) is 11.6 Å². The molecule has 0 radical (unpaired) electrons. The van der Waals surface area contributed by atoms with Crippen LogP contribution in [0.15, 0.2) is 48.5 Å². The van der Waals surface area contributed by atoms with E-state index >= 15 is 0 Å². The van der Waals surface area contributed by atoms with Gasteiger partial charge in [0, 0.05) is 5.56 Å². The molecule has 0 aliphatic heterocycles. The van der Waals surface area contributed by atoms with Gasteiger partial charge in [-0.3, -0.25) is 0 Å². The van der Waals surface area contributed by atoms with Crippen LogP contribution in [0.4, 0.5) is 8.78 Å². The quantitative estimate of drug-likeness (QED) is 0.881. The molecule has 3 nitrogen and oxygen atoms in total. The molecule has 2 rings (SSSR count). The first kappa shape index (κ1) is 15.1. The van der Waals surface area contributed by atoms with E-state index in [4.69, 9.17) is 4.74 Å². The van der Waals surface area contributed by atoms with Gasteiger partial charge in [0.1, 0.15) is 11.6 Å². The van der Waals surface area contributed by atoms with E-state index in [2.05, 4.69) is 0 Å². The Bertz CT molecular complexity index is 640. The van der Waals surface area contributed by atoms with Crippen molar-refractivity contribution < 1.29 is 23.4 Å². The number of benzene rings is 2. The van der Waals surface area contributed by atoms with E-state index in [1.165, 1.54) is 30.3 Å². The summed E-state index contributed by atoms with van der Waals surface area (Å²) in [5, 5.41) is 10.8. The van der Waals surface area contributed by atoms with Gasteiger partial charge in [-0.25, -0.2) is 13.6 Å². The molecule has 1 N–H and O–H groups in total. The van der Waals surface area contributed by atoms with Gasteiger partial charge in [0.2, 0.25) is 5.60 Å². The zero-order chi connectivity index (χ0) is 15.5. The summed E-state index contributed by atoms with van der Waals surface area (Å²) in [5.41, 5.74) is -2.53. The lowest BCUT2D eigenvalue weighted by Crippen LogP contribution is -2.39. The first-order chi connectivity index (χ1) is 10.00. The van der Waals surface area contributed by atoms with E-state index in [9.17, 15) is 18.7 Å². The summed E-state index contributed by atoms with van der Waals surface area (Å²) in [4.78, 5) is 12.2. The van der Waals surface area contributed by atoms with E-state index in [-0.39, 0.29) is 17.7 Å². The average molecular weight is 292 g/mol. The maximum absolute atomic E-state index is 14.0. The first-order valence-electron chi connectivity index (χ1n) is 6.40. The summed E-state index contributed by atoms with van der Waals surface area (Å²) < 4.78 is 31.9. The Balaban J connectivity index is 2.62. The lowest BCUT2D eigenvalue weighted by Gasteiger charge is -2.27. The number of rotatable bonds is 4. The summed E-state index contributed by atoms with van der Waals surface area (Å²) in [6.45, 7) is 1.60. The van der Waals surface area contributed by atoms with Gasteiger partial charge in [-0.2, -0.15) is 0 Å². The van der Waals surface area contributed by atoms with Crippen LogP contribution in [0.1, 0.15) is 18.1 Å². The molecule has 0 heterocycles. The Hall–Kier alpha value is -2.27. The van der Waals surface area contributed by atoms with Gasteiger partial charge >= 0.3 is 5.97 Å². The third-order valence-electron chi connectivity index (χ3n) is 3.10. The highest BCUT2D eigenvalue weighted by Gasteiger charge is 2.43. The fourth-order valence-electron chi connectivity index (χ4n) is 2.06. The van der Waals surface area contributed by atoms with E-state index in [1.807, 2.05) is 0 Å². The fourth-order valence-corrected chi connectivity index (χ4v) is 2.06. The minimum atomic E-state index is -2.32. The summed E-state index contributed by atoms with van der Waals surface area (Å²) >= 11 is 0. The van der Waals surface area contributed by atoms with Crippen molar-refractivity contribution in [3.05, 3.63) is 71.3 Å². The van der Waals surface area contributed by atoms with Gasteiger partial charge in [0.05, 0.1) is 6.61 Å². The largest absolute Gasteiger partial charge is 0.463 e. The van der Waals surface area contributed by atoms with Crippen molar-refractivity contribution >= 4 is 5.97 Å². The molecule has 0 fully saturated rings. The van der Waals surface area contributed by atoms with E-state index in [1.54, 1.807) is 6.92 Å². The molecule has 21 heavy (non-hydrogen) atoms. The summed E-state index contributed by atoms with van der Waals surface area (Å²) in [5.74, 6) is -2.29. The Kier molecular flexibility index (Phi) is 4.33. The first-order valence-corrected chi connectivity index (χ1v) is 6.40. The molecule has 0 aliphatic carbocycles. The zero-order valence-electron chi connectivity index (χ0n) is 11.3. The Morgan fingerprint density at radius 3 is 2.33 bits per heavy atom. The topological polar surface area (TPSA) is 46.5 Å². The van der Waals surface area contributed by atoms with Crippen molar-refractivity contribution in [2.75, 3.05) is 6.61 Å². The second-order valence-electron chi connectivity index (χ2n) is 4.42. The Morgan fingerprint density at radius 1 is 1.14 bits per heavy atom. The number of esters is 1. The molecule has 0 spiro atoms. The highest BCUT2D eigenvalue weighted by atomic mass is 19.1. The maximum Gasteiger partial charge on any atom is 0.347 e. The SMILES string of the molecule is CCOC(=O)[C@](O)(c1ccc(F)cc1)c1ccccc1F. The predicted molar refractivity (Wildman–Crippen MR) is 72.4 cm³/mol. The van der Waals surface area contributed by atoms with Crippen LogP contribution in [0.3, 0.4) is 0 Å². The molecule has 2 aromatic rings. The molecule has 2 aromatic carbocycles. The normalized spacial score (nSPS) is 13.5. The van der Waals surface area contributed by atoms with Crippen LogP contribution in [-0.2, 0) is 15.1 Å². The number of hydrogen-bond acceptors (Lipinski definition) is 3. The van der Waals surface area contributed by atoms with Gasteiger partial charge < -0.3 is 9.84 Å². The Labute approximate surface area is 120 Å². The third kappa shape index (κ3) is 2.78. The molecular weight excluding hydrogens is 278 g/mol. The lowest BCUT2D eigenvalue weighted by atomic mass is 9.86. The molecule has 0 aliphatic rings. The molecule has 0 amide bonds. The number of hydrogen-bond donors (Lipinski definition) is 1. The molecule has 0 aromatic heterocycles. The Morgan fingerprint density at radius 2 is 1.76 bits per heavy atom. The fraction of sp³-hybridized carbons (Fsp3) is 0.188. The van der Waals surface area contributed by atoms with Crippen LogP contribution in [0.2, 0.25) is 0 Å². The molecule has 0 bridgehead atoms. The van der Waals surface area contributed by atoms with Gasteiger partial charge in [-0.1, -0.05) is 30.3 Å². The van der Waals surface area contributed by atoms with E-state index < -0.39 is 23.2 Å². The number of halogens is 2. The maximum atomic E-state index is 14.0. The number of carbonyl (C=O) groups excluding carboxylic acids is 1. The van der Waals surface area contributed by atoms with E-state index in [0.29, 0.717) is 0 Å². The van der Waals surface area contributed by atoms with Crippen LogP contribution in [0.5, 0.6) is 0 Å². The van der Waals surface area contributed by atoms with Crippen LogP contribution in [-0.4, -0.2) is 17.7 Å². The van der Waals surface area contributed by atoms with Crippen molar-refractivity contribution in [1.29, 1.82) is 0 Å². The summed E-state index contributed by atoms with van der Waals surface area (Å²) in [6, 6.07) is 9.96. The summed E-state index contributed by atoms with van der Waals surface area (Å²) in [7, 11) is 0. The van der Waals surface area contributed by atoms with Crippen LogP contribution in [0.25, 0.3) is 0 Å². The highest BCUT2D eigenvalue weighted by Crippen LogP contribution is 2.33. The molecule has 1 atom stereocenters. The third-order valence-corrected chi connectivity index (χ3v) is 3.10. The minimum Gasteiger partial charge on any atom is -0.463 e. The lowest BCUT2D eigenvalue weighted by molar-refractivity contribution is -0.161. The van der Waals surface area contributed by atoms with Crippen LogP contribution >= 0.6 is 0 Å². The number of aliphatic hydroxyl groups is 1. The van der Waals surface area contributed by atoms with Gasteiger partial charge in [-0.05, 0) is 30.7 Å². The zero-order valence-corrected chi connectivity index (χ0v) is 11.3. The van der Waals surface area contributed by atoms with Crippen molar-refractivity contribution in [2.24, 2.45) is 0 Å². The average Bonchev–Trinajstić information content (AvgIpc) is 2.48. The van der Waals surface area contributed by atoms with Crippen molar-refractivity contribution in [2.45, 2.75) is 12.5 Å². The smallest absolute Gasteiger partial charge is 0.347 e. The minimum absolute atomic E-state index is 0.0246. The number of ether oxygens (including phenoxy) is 1. The molecule has 0 saturated heterocycles. The molecule has 110 valence electrons. The van der Waals surface area contributed by atoms with E-state index in [0.717, 1.165) is 18.2 Å². The van der Waals surface area contributed by atoms with Crippen molar-refractivity contribution in [3.63, 3.8) is 0 Å². The van der Waals surface area contributed by atoms with Crippen molar-refractivity contribution in [3.8, 4) is 0 Å². The second-order valence-corrected chi connectivity index (χ2v) is 4.42. The number of carbonyl (C=O) groups is 1. The summed E-state index contributed by atoms with van der Waals surface area (Å²) in [6.07, 6.45) is 0.